The summed E-state index contributed by atoms with van der Waals surface area (Å²) in [7, 11) is 0. The molecule has 0 saturated heterocycles. The number of hydrogen-bond donors (Lipinski definition) is 0. The minimum absolute atomic E-state index is 0.0411. The number of Topliss-reactive ketones (excluding diaryl/α,β-unsaturated/α-hetero) is 1. The van der Waals surface area contributed by atoms with E-state index in [0.29, 0.717) is 12.3 Å². The molecule has 0 aromatic carbocycles. The fourth-order valence-electron chi connectivity index (χ4n) is 0.993. The van der Waals surface area contributed by atoms with Gasteiger partial charge in [0.2, 0.25) is 0 Å². The second-order valence-electron chi connectivity index (χ2n) is 3.85. The Morgan fingerprint density at radius 3 is 2.08 bits per heavy atom. The van der Waals surface area contributed by atoms with Crippen molar-refractivity contribution in [2.75, 3.05) is 0 Å². The van der Waals surface area contributed by atoms with Crippen LogP contribution in [0, 0.1) is 5.92 Å². The Morgan fingerprint density at radius 1 is 1.15 bits per heavy atom. The highest BCUT2D eigenvalue weighted by molar-refractivity contribution is 5.95. The average Bonchev–Trinajstić information content (AvgIpc) is 1.80. The van der Waals surface area contributed by atoms with E-state index >= 15 is 0 Å². The lowest BCUT2D eigenvalue weighted by Gasteiger charge is -2.07. The largest absolute Gasteiger partial charge is 0.463 e. The Kier molecular flexibility index (Phi) is 5.35. The first-order valence-electron chi connectivity index (χ1n) is 4.63. The topological polar surface area (TPSA) is 43.4 Å². The smallest absolute Gasteiger partial charge is 0.313 e. The first-order chi connectivity index (χ1) is 5.91. The molecule has 0 aliphatic heterocycles. The van der Waals surface area contributed by atoms with Gasteiger partial charge in [-0.1, -0.05) is 13.8 Å². The Hall–Kier alpha value is -0.860. The molecule has 0 aromatic rings. The van der Waals surface area contributed by atoms with Gasteiger partial charge in [0.05, 0.1) is 6.10 Å². The molecule has 0 unspecified atom stereocenters. The molecule has 0 N–H and O–H groups in total. The highest BCUT2D eigenvalue weighted by Gasteiger charge is 2.12. The van der Waals surface area contributed by atoms with Crippen LogP contribution in [0.4, 0.5) is 0 Å². The summed E-state index contributed by atoms with van der Waals surface area (Å²) in [6.45, 7) is 7.44. The molecule has 76 valence electrons. The average molecular weight is 186 g/mol. The number of hydrogen-bond acceptors (Lipinski definition) is 3. The summed E-state index contributed by atoms with van der Waals surface area (Å²) in [5.74, 6) is -0.152. The van der Waals surface area contributed by atoms with Gasteiger partial charge in [-0.15, -0.1) is 0 Å². The summed E-state index contributed by atoms with van der Waals surface area (Å²) >= 11 is 0. The minimum Gasteiger partial charge on any atom is -0.463 e. The van der Waals surface area contributed by atoms with Gasteiger partial charge >= 0.3 is 5.97 Å². The predicted molar refractivity (Wildman–Crippen MR) is 50.3 cm³/mol. The molecule has 0 heterocycles. The maximum Gasteiger partial charge on any atom is 0.313 e. The van der Waals surface area contributed by atoms with Crippen molar-refractivity contribution in [1.29, 1.82) is 0 Å². The van der Waals surface area contributed by atoms with Gasteiger partial charge in [0.15, 0.2) is 0 Å². The molecule has 0 atom stereocenters. The van der Waals surface area contributed by atoms with Gasteiger partial charge in [-0.05, 0) is 19.8 Å². The lowest BCUT2D eigenvalue weighted by molar-refractivity contribution is -0.149. The Labute approximate surface area is 79.5 Å². The van der Waals surface area contributed by atoms with Crippen molar-refractivity contribution >= 4 is 11.8 Å². The van der Waals surface area contributed by atoms with Gasteiger partial charge in [-0.3, -0.25) is 9.59 Å². The highest BCUT2D eigenvalue weighted by Crippen LogP contribution is 2.04. The third kappa shape index (κ3) is 7.50. The van der Waals surface area contributed by atoms with E-state index in [1.54, 1.807) is 13.8 Å². The number of carbonyl (C=O) groups excluding carboxylic acids is 2. The van der Waals surface area contributed by atoms with Gasteiger partial charge in [0.25, 0.3) is 0 Å². The summed E-state index contributed by atoms with van der Waals surface area (Å²) in [4.78, 5) is 22.1. The first kappa shape index (κ1) is 12.1. The number of ether oxygens (including phenoxy) is 1. The maximum absolute atomic E-state index is 11.1. The molecule has 0 aliphatic carbocycles. The zero-order chi connectivity index (χ0) is 10.4. The van der Waals surface area contributed by atoms with E-state index in [4.69, 9.17) is 4.74 Å². The summed E-state index contributed by atoms with van der Waals surface area (Å²) in [5, 5.41) is 0. The van der Waals surface area contributed by atoms with Crippen LogP contribution in [0.5, 0.6) is 0 Å². The molecule has 0 saturated carbocycles. The molecule has 0 fully saturated rings. The maximum atomic E-state index is 11.1. The molecule has 0 radical (unpaired) electrons. The molecule has 0 aromatic heterocycles. The van der Waals surface area contributed by atoms with Crippen molar-refractivity contribution in [1.82, 2.24) is 0 Å². The van der Waals surface area contributed by atoms with Crippen molar-refractivity contribution in [3.8, 4) is 0 Å². The summed E-state index contributed by atoms with van der Waals surface area (Å²) in [6, 6.07) is 0. The van der Waals surface area contributed by atoms with Crippen molar-refractivity contribution in [3.63, 3.8) is 0 Å². The zero-order valence-corrected chi connectivity index (χ0v) is 8.79. The second-order valence-corrected chi connectivity index (χ2v) is 3.85. The summed E-state index contributed by atoms with van der Waals surface area (Å²) in [6.07, 6.45) is 0.225. The Bertz CT molecular complexity index is 163. The fraction of sp³-hybridized carbons (Fsp3) is 0.800. The quantitative estimate of drug-likeness (QED) is 0.487. The molecule has 0 amide bonds. The van der Waals surface area contributed by atoms with E-state index in [1.165, 1.54) is 0 Å². The van der Waals surface area contributed by atoms with E-state index in [2.05, 4.69) is 0 Å². The van der Waals surface area contributed by atoms with Crippen LogP contribution < -0.4 is 0 Å². The third-order valence-corrected chi connectivity index (χ3v) is 1.34. The number of carbonyl (C=O) groups is 2. The van der Waals surface area contributed by atoms with Crippen LogP contribution in [0.1, 0.15) is 40.5 Å². The van der Waals surface area contributed by atoms with Gasteiger partial charge < -0.3 is 4.74 Å². The van der Waals surface area contributed by atoms with Gasteiger partial charge in [-0.25, -0.2) is 0 Å². The first-order valence-corrected chi connectivity index (χ1v) is 4.63. The third-order valence-electron chi connectivity index (χ3n) is 1.34. The molecular formula is C10H18O3. The molecular weight excluding hydrogens is 168 g/mol. The van der Waals surface area contributed by atoms with E-state index in [9.17, 15) is 9.59 Å². The lowest BCUT2D eigenvalue weighted by atomic mass is 10.1. The molecule has 3 heteroatoms. The molecule has 3 nitrogen and oxygen atoms in total. The molecule has 0 aliphatic rings. The Morgan fingerprint density at radius 2 is 1.69 bits per heavy atom. The van der Waals surface area contributed by atoms with Gasteiger partial charge in [0, 0.05) is 6.42 Å². The summed E-state index contributed by atoms with van der Waals surface area (Å²) < 4.78 is 4.84. The van der Waals surface area contributed by atoms with Crippen molar-refractivity contribution < 1.29 is 14.3 Å². The van der Waals surface area contributed by atoms with E-state index in [-0.39, 0.29) is 18.3 Å². The van der Waals surface area contributed by atoms with Crippen LogP contribution in [0.3, 0.4) is 0 Å². The van der Waals surface area contributed by atoms with E-state index < -0.39 is 5.97 Å². The van der Waals surface area contributed by atoms with Crippen molar-refractivity contribution in [3.05, 3.63) is 0 Å². The van der Waals surface area contributed by atoms with Gasteiger partial charge in [-0.2, -0.15) is 0 Å². The molecule has 13 heavy (non-hydrogen) atoms. The standard InChI is InChI=1S/C10H18O3/c1-7(2)5-9(11)6-10(12)13-8(3)4/h7-8H,5-6H2,1-4H3. The van der Waals surface area contributed by atoms with Crippen LogP contribution in [0.15, 0.2) is 0 Å². The van der Waals surface area contributed by atoms with Crippen LogP contribution in [-0.4, -0.2) is 17.9 Å². The predicted octanol–water partition coefficient (Wildman–Crippen LogP) is 1.94. The lowest BCUT2D eigenvalue weighted by Crippen LogP contribution is -2.16. The van der Waals surface area contributed by atoms with Gasteiger partial charge in [0.1, 0.15) is 12.2 Å². The number of rotatable bonds is 5. The normalized spacial score (nSPS) is 10.6. The summed E-state index contributed by atoms with van der Waals surface area (Å²) in [5.41, 5.74) is 0. The number of ketones is 1. The molecule has 0 rings (SSSR count). The SMILES string of the molecule is CC(C)CC(=O)CC(=O)OC(C)C. The van der Waals surface area contributed by atoms with Crippen LogP contribution in [0.25, 0.3) is 0 Å². The van der Waals surface area contributed by atoms with E-state index in [1.807, 2.05) is 13.8 Å². The minimum atomic E-state index is -0.416. The van der Waals surface area contributed by atoms with Crippen LogP contribution in [-0.2, 0) is 14.3 Å². The monoisotopic (exact) mass is 186 g/mol. The second kappa shape index (κ2) is 5.73. The van der Waals surface area contributed by atoms with Crippen LogP contribution >= 0.6 is 0 Å². The van der Waals surface area contributed by atoms with Crippen molar-refractivity contribution in [2.24, 2.45) is 5.92 Å². The Balaban J connectivity index is 3.72. The van der Waals surface area contributed by atoms with Crippen LogP contribution in [0.2, 0.25) is 0 Å². The molecule has 0 spiro atoms. The highest BCUT2D eigenvalue weighted by atomic mass is 16.5. The van der Waals surface area contributed by atoms with E-state index in [0.717, 1.165) is 0 Å². The zero-order valence-electron chi connectivity index (χ0n) is 8.79. The molecule has 0 bridgehead atoms. The fourth-order valence-corrected chi connectivity index (χ4v) is 0.993. The van der Waals surface area contributed by atoms with Crippen molar-refractivity contribution in [2.45, 2.75) is 46.6 Å². The number of esters is 1.